The minimum atomic E-state index is 0.521. The van der Waals surface area contributed by atoms with Gasteiger partial charge >= 0.3 is 0 Å². The van der Waals surface area contributed by atoms with Crippen molar-refractivity contribution in [1.29, 1.82) is 0 Å². The second kappa shape index (κ2) is 9.73. The largest absolute Gasteiger partial charge is 0.338 e. The first-order chi connectivity index (χ1) is 9.72. The third-order valence-electron chi connectivity index (χ3n) is 3.76. The zero-order chi connectivity index (χ0) is 14.8. The van der Waals surface area contributed by atoms with Crippen LogP contribution in [0.4, 0.5) is 5.95 Å². The van der Waals surface area contributed by atoms with Crippen molar-refractivity contribution in [3.63, 3.8) is 0 Å². The van der Waals surface area contributed by atoms with Crippen LogP contribution in [0.25, 0.3) is 0 Å². The van der Waals surface area contributed by atoms with E-state index in [1.807, 2.05) is 12.4 Å². The summed E-state index contributed by atoms with van der Waals surface area (Å²) < 4.78 is 0. The molecule has 3 nitrogen and oxygen atoms in total. The third-order valence-corrected chi connectivity index (χ3v) is 3.76. The van der Waals surface area contributed by atoms with E-state index in [-0.39, 0.29) is 0 Å². The highest BCUT2D eigenvalue weighted by Gasteiger charge is 2.15. The molecule has 114 valence electrons. The van der Waals surface area contributed by atoms with Gasteiger partial charge in [0.15, 0.2) is 0 Å². The van der Waals surface area contributed by atoms with Crippen LogP contribution in [0, 0.1) is 0 Å². The summed E-state index contributed by atoms with van der Waals surface area (Å²) in [6, 6.07) is 0.521. The van der Waals surface area contributed by atoms with Gasteiger partial charge in [0.1, 0.15) is 0 Å². The Morgan fingerprint density at radius 3 is 2.20 bits per heavy atom. The molecule has 0 saturated carbocycles. The highest BCUT2D eigenvalue weighted by molar-refractivity contribution is 5.31. The van der Waals surface area contributed by atoms with E-state index in [0.717, 1.165) is 18.9 Å². The number of nitrogens with zero attached hydrogens (tertiary/aromatic N) is 3. The molecule has 0 fully saturated rings. The van der Waals surface area contributed by atoms with E-state index in [9.17, 15) is 0 Å². The summed E-state index contributed by atoms with van der Waals surface area (Å²) in [5, 5.41) is 0. The third kappa shape index (κ3) is 5.48. The molecular weight excluding hydrogens is 246 g/mol. The summed E-state index contributed by atoms with van der Waals surface area (Å²) in [5.41, 5.74) is 1.26. The van der Waals surface area contributed by atoms with Crippen molar-refractivity contribution < 1.29 is 0 Å². The standard InChI is InChI=1S/C17H31N3/c1-5-8-11-16-13-18-17(19-14-16)20(12-9-6-2)15(4)10-7-3/h13-15H,5-12H2,1-4H3. The first-order valence-electron chi connectivity index (χ1n) is 8.30. The number of rotatable bonds is 10. The number of anilines is 1. The summed E-state index contributed by atoms with van der Waals surface area (Å²) in [7, 11) is 0. The van der Waals surface area contributed by atoms with Gasteiger partial charge in [-0.2, -0.15) is 0 Å². The van der Waals surface area contributed by atoms with E-state index in [1.54, 1.807) is 0 Å². The number of unbranched alkanes of at least 4 members (excludes halogenated alkanes) is 2. The van der Waals surface area contributed by atoms with Crippen molar-refractivity contribution in [2.75, 3.05) is 11.4 Å². The van der Waals surface area contributed by atoms with Crippen LogP contribution in [0.15, 0.2) is 12.4 Å². The Labute approximate surface area is 124 Å². The smallest absolute Gasteiger partial charge is 0.225 e. The lowest BCUT2D eigenvalue weighted by Gasteiger charge is -2.29. The summed E-state index contributed by atoms with van der Waals surface area (Å²) in [6.45, 7) is 10.0. The second-order valence-corrected chi connectivity index (χ2v) is 5.68. The van der Waals surface area contributed by atoms with Crippen molar-refractivity contribution in [1.82, 2.24) is 9.97 Å². The van der Waals surface area contributed by atoms with Crippen molar-refractivity contribution >= 4 is 5.95 Å². The molecule has 0 radical (unpaired) electrons. The molecule has 0 aromatic carbocycles. The molecule has 0 aliphatic carbocycles. The molecule has 1 aromatic rings. The van der Waals surface area contributed by atoms with E-state index in [0.29, 0.717) is 6.04 Å². The maximum atomic E-state index is 4.60. The van der Waals surface area contributed by atoms with Crippen molar-refractivity contribution in [3.8, 4) is 0 Å². The van der Waals surface area contributed by atoms with Gasteiger partial charge in [0.25, 0.3) is 0 Å². The lowest BCUT2D eigenvalue weighted by molar-refractivity contribution is 0.555. The first-order valence-corrected chi connectivity index (χ1v) is 8.30. The Morgan fingerprint density at radius 1 is 1.00 bits per heavy atom. The van der Waals surface area contributed by atoms with E-state index >= 15 is 0 Å². The van der Waals surface area contributed by atoms with Crippen LogP contribution in [-0.4, -0.2) is 22.6 Å². The maximum Gasteiger partial charge on any atom is 0.225 e. The summed E-state index contributed by atoms with van der Waals surface area (Å²) >= 11 is 0. The number of hydrogen-bond donors (Lipinski definition) is 0. The van der Waals surface area contributed by atoms with Gasteiger partial charge in [0, 0.05) is 25.0 Å². The number of hydrogen-bond acceptors (Lipinski definition) is 3. The fourth-order valence-corrected chi connectivity index (χ4v) is 2.43. The van der Waals surface area contributed by atoms with Gasteiger partial charge in [-0.1, -0.05) is 40.0 Å². The highest BCUT2D eigenvalue weighted by atomic mass is 15.3. The molecule has 3 heteroatoms. The molecule has 1 atom stereocenters. The maximum absolute atomic E-state index is 4.60. The molecular formula is C17H31N3. The Morgan fingerprint density at radius 2 is 1.65 bits per heavy atom. The zero-order valence-electron chi connectivity index (χ0n) is 13.7. The van der Waals surface area contributed by atoms with Crippen LogP contribution in [-0.2, 0) is 6.42 Å². The average molecular weight is 277 g/mol. The van der Waals surface area contributed by atoms with Crippen LogP contribution in [0.5, 0.6) is 0 Å². The minimum Gasteiger partial charge on any atom is -0.338 e. The lowest BCUT2D eigenvalue weighted by Crippen LogP contribution is -2.35. The molecule has 1 heterocycles. The second-order valence-electron chi connectivity index (χ2n) is 5.68. The molecule has 1 rings (SSSR count). The van der Waals surface area contributed by atoms with Gasteiger partial charge in [-0.15, -0.1) is 0 Å². The lowest BCUT2D eigenvalue weighted by atomic mass is 10.1. The fraction of sp³-hybridized carbons (Fsp3) is 0.765. The highest BCUT2D eigenvalue weighted by Crippen LogP contribution is 2.16. The van der Waals surface area contributed by atoms with Crippen molar-refractivity contribution in [2.45, 2.75) is 78.7 Å². The predicted molar refractivity (Wildman–Crippen MR) is 87.3 cm³/mol. The summed E-state index contributed by atoms with van der Waals surface area (Å²) in [4.78, 5) is 11.6. The molecule has 0 aliphatic heterocycles. The Hall–Kier alpha value is -1.12. The Kier molecular flexibility index (Phi) is 8.24. The van der Waals surface area contributed by atoms with Gasteiger partial charge in [-0.25, -0.2) is 9.97 Å². The van der Waals surface area contributed by atoms with Crippen molar-refractivity contribution in [3.05, 3.63) is 18.0 Å². The normalized spacial score (nSPS) is 12.4. The molecule has 0 spiro atoms. The van der Waals surface area contributed by atoms with Crippen LogP contribution in [0.2, 0.25) is 0 Å². The SMILES string of the molecule is CCCCc1cnc(N(CCCC)C(C)CCC)nc1. The first kappa shape index (κ1) is 16.9. The fourth-order valence-electron chi connectivity index (χ4n) is 2.43. The molecule has 1 unspecified atom stereocenters. The van der Waals surface area contributed by atoms with Crippen LogP contribution < -0.4 is 4.90 Å². The topological polar surface area (TPSA) is 29.0 Å². The van der Waals surface area contributed by atoms with Crippen molar-refractivity contribution in [2.24, 2.45) is 0 Å². The predicted octanol–water partition coefficient (Wildman–Crippen LogP) is 4.61. The monoisotopic (exact) mass is 277 g/mol. The molecule has 0 N–H and O–H groups in total. The molecule has 20 heavy (non-hydrogen) atoms. The molecule has 0 amide bonds. The molecule has 0 saturated heterocycles. The molecule has 0 aliphatic rings. The number of aryl methyl sites for hydroxylation is 1. The van der Waals surface area contributed by atoms with Crippen LogP contribution in [0.1, 0.15) is 71.8 Å². The molecule has 0 bridgehead atoms. The molecule has 1 aromatic heterocycles. The van der Waals surface area contributed by atoms with Gasteiger partial charge in [0.05, 0.1) is 0 Å². The summed E-state index contributed by atoms with van der Waals surface area (Å²) in [6.07, 6.45) is 12.4. The van der Waals surface area contributed by atoms with Crippen LogP contribution in [0.3, 0.4) is 0 Å². The van der Waals surface area contributed by atoms with Gasteiger partial charge in [-0.05, 0) is 38.2 Å². The Bertz CT molecular complexity index is 348. The zero-order valence-corrected chi connectivity index (χ0v) is 13.7. The van der Waals surface area contributed by atoms with E-state index in [4.69, 9.17) is 0 Å². The number of aromatic nitrogens is 2. The Balaban J connectivity index is 2.73. The minimum absolute atomic E-state index is 0.521. The average Bonchev–Trinajstić information content (AvgIpc) is 2.47. The quantitative estimate of drug-likeness (QED) is 0.625. The van der Waals surface area contributed by atoms with E-state index < -0.39 is 0 Å². The summed E-state index contributed by atoms with van der Waals surface area (Å²) in [5.74, 6) is 0.902. The van der Waals surface area contributed by atoms with Gasteiger partial charge in [-0.3, -0.25) is 0 Å². The van der Waals surface area contributed by atoms with Gasteiger partial charge in [0.2, 0.25) is 5.95 Å². The van der Waals surface area contributed by atoms with E-state index in [2.05, 4.69) is 42.6 Å². The van der Waals surface area contributed by atoms with E-state index in [1.165, 1.54) is 44.1 Å². The van der Waals surface area contributed by atoms with Crippen LogP contribution >= 0.6 is 0 Å². The van der Waals surface area contributed by atoms with Gasteiger partial charge < -0.3 is 4.90 Å².